The van der Waals surface area contributed by atoms with Gasteiger partial charge in [-0.15, -0.1) is 0 Å². The third-order valence-corrected chi connectivity index (χ3v) is 3.82. The minimum atomic E-state index is -4.38. The molecule has 0 bridgehead atoms. The smallest absolute Gasteiger partial charge is 0.379 e. The quantitative estimate of drug-likeness (QED) is 0.722. The van der Waals surface area contributed by atoms with E-state index in [1.807, 2.05) is 30.3 Å². The van der Waals surface area contributed by atoms with Crippen molar-refractivity contribution in [1.29, 1.82) is 0 Å². The molecule has 1 aliphatic rings. The topological polar surface area (TPSA) is 50.8 Å². The van der Waals surface area contributed by atoms with Gasteiger partial charge in [0.1, 0.15) is 6.61 Å². The molecule has 5 nitrogen and oxygen atoms in total. The summed E-state index contributed by atoms with van der Waals surface area (Å²) in [5, 5.41) is 2.90. The van der Waals surface area contributed by atoms with Crippen LogP contribution in [0.3, 0.4) is 0 Å². The normalized spacial score (nSPS) is 17.2. The van der Waals surface area contributed by atoms with Gasteiger partial charge in [-0.05, 0) is 5.56 Å². The molecule has 1 atom stereocenters. The van der Waals surface area contributed by atoms with Crippen LogP contribution in [0.4, 0.5) is 13.2 Å². The number of carbonyl (C=O) groups is 1. The first kappa shape index (κ1) is 19.7. The maximum Gasteiger partial charge on any atom is 0.411 e. The fraction of sp³-hybridized carbons (Fsp3) is 0.588. The van der Waals surface area contributed by atoms with Crippen molar-refractivity contribution in [3.8, 4) is 0 Å². The second-order valence-corrected chi connectivity index (χ2v) is 5.86. The number of nitrogens with zero attached hydrogens (tertiary/aromatic N) is 1. The summed E-state index contributed by atoms with van der Waals surface area (Å²) in [4.78, 5) is 14.3. The molecule has 0 saturated carbocycles. The van der Waals surface area contributed by atoms with E-state index in [1.165, 1.54) is 0 Å². The Hall–Kier alpha value is -1.64. The lowest BCUT2D eigenvalue weighted by atomic mass is 10.1. The van der Waals surface area contributed by atoms with Gasteiger partial charge in [0.15, 0.2) is 0 Å². The van der Waals surface area contributed by atoms with Gasteiger partial charge in [0, 0.05) is 26.1 Å². The molecule has 8 heteroatoms. The lowest BCUT2D eigenvalue weighted by molar-refractivity contribution is -0.174. The molecule has 0 aromatic heterocycles. The van der Waals surface area contributed by atoms with Crippen molar-refractivity contribution in [2.75, 3.05) is 46.1 Å². The van der Waals surface area contributed by atoms with Crippen LogP contribution in [0.5, 0.6) is 0 Å². The first-order chi connectivity index (χ1) is 11.9. The second kappa shape index (κ2) is 9.74. The van der Waals surface area contributed by atoms with Crippen LogP contribution in [0.1, 0.15) is 18.0 Å². The number of nitrogens with one attached hydrogen (secondary N) is 1. The maximum atomic E-state index is 12.1. The predicted octanol–water partition coefficient (Wildman–Crippen LogP) is 2.15. The van der Waals surface area contributed by atoms with Gasteiger partial charge in [0.25, 0.3) is 0 Å². The standard InChI is InChI=1S/C17H23F3N2O3/c18-17(19,20)13-25-9-6-16(23)21-15(14-4-2-1-3-5-14)12-22-7-10-24-11-8-22/h1-5,15H,6-13H2,(H,21,23). The van der Waals surface area contributed by atoms with E-state index in [-0.39, 0.29) is 25.0 Å². The summed E-state index contributed by atoms with van der Waals surface area (Å²) in [6.45, 7) is 1.91. The Labute approximate surface area is 145 Å². The summed E-state index contributed by atoms with van der Waals surface area (Å²) in [5.74, 6) is -0.329. The average Bonchev–Trinajstić information content (AvgIpc) is 2.59. The second-order valence-electron chi connectivity index (χ2n) is 5.86. The van der Waals surface area contributed by atoms with Crippen molar-refractivity contribution < 1.29 is 27.4 Å². The van der Waals surface area contributed by atoms with Crippen LogP contribution in [-0.2, 0) is 14.3 Å². The van der Waals surface area contributed by atoms with Crippen LogP contribution in [0, 0.1) is 0 Å². The van der Waals surface area contributed by atoms with Gasteiger partial charge in [-0.25, -0.2) is 0 Å². The fourth-order valence-corrected chi connectivity index (χ4v) is 2.58. The molecular formula is C17H23F3N2O3. The molecule has 1 N–H and O–H groups in total. The Bertz CT molecular complexity index is 520. The van der Waals surface area contributed by atoms with Crippen molar-refractivity contribution >= 4 is 5.91 Å². The molecule has 1 amide bonds. The number of hydrogen-bond donors (Lipinski definition) is 1. The monoisotopic (exact) mass is 360 g/mol. The first-order valence-electron chi connectivity index (χ1n) is 8.23. The zero-order chi connectivity index (χ0) is 18.1. The van der Waals surface area contributed by atoms with Gasteiger partial charge in [-0.2, -0.15) is 13.2 Å². The molecule has 1 unspecified atom stereocenters. The van der Waals surface area contributed by atoms with Crippen LogP contribution >= 0.6 is 0 Å². The Kier molecular flexibility index (Phi) is 7.67. The number of hydrogen-bond acceptors (Lipinski definition) is 4. The Morgan fingerprint density at radius 2 is 1.92 bits per heavy atom. The number of morpholine rings is 1. The Morgan fingerprint density at radius 3 is 2.56 bits per heavy atom. The Balaban J connectivity index is 1.85. The SMILES string of the molecule is O=C(CCOCC(F)(F)F)NC(CN1CCOCC1)c1ccccc1. The molecule has 1 aromatic rings. The van der Waals surface area contributed by atoms with Crippen molar-refractivity contribution in [2.24, 2.45) is 0 Å². The van der Waals surface area contributed by atoms with Gasteiger partial charge in [0.05, 0.1) is 25.9 Å². The number of halogens is 3. The van der Waals surface area contributed by atoms with E-state index >= 15 is 0 Å². The van der Waals surface area contributed by atoms with Gasteiger partial charge >= 0.3 is 6.18 Å². The van der Waals surface area contributed by atoms with Crippen molar-refractivity contribution in [3.05, 3.63) is 35.9 Å². The number of alkyl halides is 3. The van der Waals surface area contributed by atoms with Gasteiger partial charge in [0.2, 0.25) is 5.91 Å². The molecule has 1 fully saturated rings. The van der Waals surface area contributed by atoms with E-state index in [1.54, 1.807) is 0 Å². The third kappa shape index (κ3) is 7.85. The molecule has 0 aliphatic carbocycles. The number of benzene rings is 1. The van der Waals surface area contributed by atoms with Gasteiger partial charge < -0.3 is 14.8 Å². The molecule has 0 radical (unpaired) electrons. The van der Waals surface area contributed by atoms with Gasteiger partial charge in [-0.3, -0.25) is 9.69 Å². The van der Waals surface area contributed by atoms with Crippen LogP contribution < -0.4 is 5.32 Å². The van der Waals surface area contributed by atoms with Crippen LogP contribution in [-0.4, -0.2) is 63.0 Å². The largest absolute Gasteiger partial charge is 0.411 e. The number of rotatable bonds is 8. The first-order valence-corrected chi connectivity index (χ1v) is 8.23. The minimum Gasteiger partial charge on any atom is -0.379 e. The number of carbonyl (C=O) groups excluding carboxylic acids is 1. The van der Waals surface area contributed by atoms with E-state index in [0.29, 0.717) is 19.8 Å². The molecule has 140 valence electrons. The fourth-order valence-electron chi connectivity index (χ4n) is 2.58. The summed E-state index contributed by atoms with van der Waals surface area (Å²) < 4.78 is 45.9. The highest BCUT2D eigenvalue weighted by Crippen LogP contribution is 2.16. The van der Waals surface area contributed by atoms with Crippen LogP contribution in [0.2, 0.25) is 0 Å². The third-order valence-electron chi connectivity index (χ3n) is 3.82. The molecule has 1 heterocycles. The van der Waals surface area contributed by atoms with E-state index in [9.17, 15) is 18.0 Å². The summed E-state index contributed by atoms with van der Waals surface area (Å²) in [6, 6.07) is 9.29. The highest BCUT2D eigenvalue weighted by molar-refractivity contribution is 5.76. The van der Waals surface area contributed by atoms with E-state index < -0.39 is 12.8 Å². The zero-order valence-electron chi connectivity index (χ0n) is 13.9. The van der Waals surface area contributed by atoms with Crippen molar-refractivity contribution in [3.63, 3.8) is 0 Å². The molecule has 1 aromatic carbocycles. The van der Waals surface area contributed by atoms with Crippen LogP contribution in [0.15, 0.2) is 30.3 Å². The van der Waals surface area contributed by atoms with E-state index in [4.69, 9.17) is 4.74 Å². The molecule has 1 aliphatic heterocycles. The summed E-state index contributed by atoms with van der Waals surface area (Å²) in [7, 11) is 0. The Morgan fingerprint density at radius 1 is 1.24 bits per heavy atom. The van der Waals surface area contributed by atoms with Crippen LogP contribution in [0.25, 0.3) is 0 Å². The highest BCUT2D eigenvalue weighted by Gasteiger charge is 2.27. The van der Waals surface area contributed by atoms with Crippen molar-refractivity contribution in [2.45, 2.75) is 18.6 Å². The molecule has 2 rings (SSSR count). The number of ether oxygens (including phenoxy) is 2. The summed E-state index contributed by atoms with van der Waals surface area (Å²) in [6.07, 6.45) is -4.48. The van der Waals surface area contributed by atoms with Crippen molar-refractivity contribution in [1.82, 2.24) is 10.2 Å². The highest BCUT2D eigenvalue weighted by atomic mass is 19.4. The zero-order valence-corrected chi connectivity index (χ0v) is 13.9. The molecular weight excluding hydrogens is 337 g/mol. The minimum absolute atomic E-state index is 0.109. The maximum absolute atomic E-state index is 12.1. The lowest BCUT2D eigenvalue weighted by Crippen LogP contribution is -2.43. The summed E-state index contributed by atoms with van der Waals surface area (Å²) in [5.41, 5.74) is 0.957. The van der Waals surface area contributed by atoms with E-state index in [2.05, 4.69) is 15.0 Å². The molecule has 0 spiro atoms. The van der Waals surface area contributed by atoms with E-state index in [0.717, 1.165) is 18.7 Å². The number of amides is 1. The molecule has 1 saturated heterocycles. The summed E-state index contributed by atoms with van der Waals surface area (Å²) >= 11 is 0. The average molecular weight is 360 g/mol. The van der Waals surface area contributed by atoms with Gasteiger partial charge in [-0.1, -0.05) is 30.3 Å². The lowest BCUT2D eigenvalue weighted by Gasteiger charge is -2.31. The predicted molar refractivity (Wildman–Crippen MR) is 86.1 cm³/mol. The molecule has 25 heavy (non-hydrogen) atoms.